The fraction of sp³-hybridized carbons (Fsp3) is 0.556. The van der Waals surface area contributed by atoms with Crippen LogP contribution in [-0.2, 0) is 14.3 Å². The second kappa shape index (κ2) is 8.15. The maximum absolute atomic E-state index is 12.2. The maximum Gasteiger partial charge on any atom is 0.311 e. The van der Waals surface area contributed by atoms with E-state index in [9.17, 15) is 14.7 Å². The number of ether oxygens (including phenoxy) is 2. The summed E-state index contributed by atoms with van der Waals surface area (Å²) in [6, 6.07) is 7.62. The van der Waals surface area contributed by atoms with Crippen LogP contribution < -0.4 is 10.1 Å². The number of methoxy groups -OCH3 is 1. The van der Waals surface area contributed by atoms with E-state index >= 15 is 0 Å². The third-order valence-electron chi connectivity index (χ3n) is 4.68. The van der Waals surface area contributed by atoms with Crippen LogP contribution in [0.3, 0.4) is 0 Å². The van der Waals surface area contributed by atoms with E-state index in [0.29, 0.717) is 32.5 Å². The van der Waals surface area contributed by atoms with Gasteiger partial charge in [0.2, 0.25) is 5.91 Å². The molecule has 1 fully saturated rings. The average molecular weight is 335 g/mol. The lowest BCUT2D eigenvalue weighted by molar-refractivity contribution is -0.154. The molecule has 2 rings (SSSR count). The largest absolute Gasteiger partial charge is 0.497 e. The van der Waals surface area contributed by atoms with Crippen molar-refractivity contribution in [3.8, 4) is 5.75 Å². The molecule has 1 heterocycles. The monoisotopic (exact) mass is 335 g/mol. The lowest BCUT2D eigenvalue weighted by Crippen LogP contribution is -2.46. The molecule has 1 aromatic rings. The van der Waals surface area contributed by atoms with E-state index in [4.69, 9.17) is 9.47 Å². The number of benzene rings is 1. The van der Waals surface area contributed by atoms with Crippen LogP contribution >= 0.6 is 0 Å². The normalized spacial score (nSPS) is 17.8. The van der Waals surface area contributed by atoms with Gasteiger partial charge in [0, 0.05) is 26.2 Å². The molecule has 6 nitrogen and oxygen atoms in total. The molecule has 1 atom stereocenters. The number of nitrogens with one attached hydrogen (secondary N) is 1. The summed E-state index contributed by atoms with van der Waals surface area (Å²) in [5.41, 5.74) is 0.108. The van der Waals surface area contributed by atoms with Crippen LogP contribution in [0, 0.1) is 5.41 Å². The molecular formula is C18H25NO5. The lowest BCUT2D eigenvalue weighted by Gasteiger charge is -2.33. The molecule has 0 aromatic heterocycles. The molecule has 1 aliphatic rings. The van der Waals surface area contributed by atoms with Crippen molar-refractivity contribution in [3.05, 3.63) is 29.8 Å². The van der Waals surface area contributed by atoms with E-state index in [0.717, 1.165) is 11.3 Å². The van der Waals surface area contributed by atoms with Gasteiger partial charge in [0.15, 0.2) is 0 Å². The predicted octanol–water partition coefficient (Wildman–Crippen LogP) is 2.19. The minimum atomic E-state index is -0.910. The van der Waals surface area contributed by atoms with Crippen molar-refractivity contribution >= 4 is 11.9 Å². The molecule has 0 bridgehead atoms. The Morgan fingerprint density at radius 2 is 2.08 bits per heavy atom. The highest BCUT2D eigenvalue weighted by atomic mass is 16.5. The van der Waals surface area contributed by atoms with Gasteiger partial charge in [0.1, 0.15) is 5.75 Å². The third-order valence-corrected chi connectivity index (χ3v) is 4.68. The molecule has 0 radical (unpaired) electrons. The summed E-state index contributed by atoms with van der Waals surface area (Å²) < 4.78 is 10.4. The molecule has 6 heteroatoms. The van der Waals surface area contributed by atoms with E-state index in [1.54, 1.807) is 7.11 Å². The molecule has 1 amide bonds. The fourth-order valence-electron chi connectivity index (χ4n) is 2.91. The highest BCUT2D eigenvalue weighted by molar-refractivity contribution is 5.79. The molecule has 1 unspecified atom stereocenters. The second-order valence-electron chi connectivity index (χ2n) is 6.36. The molecule has 0 saturated carbocycles. The highest BCUT2D eigenvalue weighted by Gasteiger charge is 2.40. The van der Waals surface area contributed by atoms with Gasteiger partial charge in [-0.15, -0.1) is 0 Å². The van der Waals surface area contributed by atoms with Crippen LogP contribution in [0.1, 0.15) is 37.7 Å². The molecule has 1 saturated heterocycles. The maximum atomic E-state index is 12.2. The molecule has 132 valence electrons. The minimum absolute atomic E-state index is 0.0237. The summed E-state index contributed by atoms with van der Waals surface area (Å²) in [6.45, 7) is 2.95. The summed E-state index contributed by atoms with van der Waals surface area (Å²) in [4.78, 5) is 23.8. The number of carbonyl (C=O) groups is 2. The first-order valence-electron chi connectivity index (χ1n) is 8.18. The summed E-state index contributed by atoms with van der Waals surface area (Å²) >= 11 is 0. The second-order valence-corrected chi connectivity index (χ2v) is 6.36. The van der Waals surface area contributed by atoms with E-state index < -0.39 is 11.4 Å². The first-order chi connectivity index (χ1) is 11.5. The predicted molar refractivity (Wildman–Crippen MR) is 89.2 cm³/mol. The third kappa shape index (κ3) is 4.47. The van der Waals surface area contributed by atoms with E-state index in [1.165, 1.54) is 0 Å². The molecular weight excluding hydrogens is 310 g/mol. The number of hydrogen-bond donors (Lipinski definition) is 2. The van der Waals surface area contributed by atoms with Crippen molar-refractivity contribution in [2.45, 2.75) is 32.1 Å². The number of aliphatic carboxylic acids is 1. The number of hydrogen-bond acceptors (Lipinski definition) is 4. The van der Waals surface area contributed by atoms with E-state index in [1.807, 2.05) is 31.2 Å². The standard InChI is InChI=1S/C18H25NO5/c1-13(14-4-3-5-15(11-14)23-2)10-16(20)19-12-18(17(21)22)6-8-24-9-7-18/h3-5,11,13H,6-10,12H2,1-2H3,(H,19,20)(H,21,22). The number of carboxylic acids is 1. The van der Waals surface area contributed by atoms with E-state index in [2.05, 4.69) is 5.32 Å². The van der Waals surface area contributed by atoms with Crippen molar-refractivity contribution in [1.29, 1.82) is 0 Å². The van der Waals surface area contributed by atoms with Gasteiger partial charge in [-0.05, 0) is 36.5 Å². The Hall–Kier alpha value is -2.08. The molecule has 2 N–H and O–H groups in total. The van der Waals surface area contributed by atoms with Crippen LogP contribution in [0.25, 0.3) is 0 Å². The number of amides is 1. The van der Waals surface area contributed by atoms with Crippen molar-refractivity contribution in [2.24, 2.45) is 5.41 Å². The zero-order chi connectivity index (χ0) is 17.6. The van der Waals surface area contributed by atoms with Crippen molar-refractivity contribution in [1.82, 2.24) is 5.32 Å². The van der Waals surface area contributed by atoms with Gasteiger partial charge in [-0.1, -0.05) is 19.1 Å². The first-order valence-corrected chi connectivity index (χ1v) is 8.18. The zero-order valence-electron chi connectivity index (χ0n) is 14.2. The number of carbonyl (C=O) groups excluding carboxylic acids is 1. The van der Waals surface area contributed by atoms with Gasteiger partial charge >= 0.3 is 5.97 Å². The smallest absolute Gasteiger partial charge is 0.311 e. The quantitative estimate of drug-likeness (QED) is 0.798. The molecule has 24 heavy (non-hydrogen) atoms. The Bertz CT molecular complexity index is 581. The summed E-state index contributed by atoms with van der Waals surface area (Å²) in [5, 5.41) is 12.3. The van der Waals surface area contributed by atoms with Crippen LogP contribution in [0.5, 0.6) is 5.75 Å². The Morgan fingerprint density at radius 1 is 1.38 bits per heavy atom. The lowest BCUT2D eigenvalue weighted by atomic mass is 9.80. The van der Waals surface area contributed by atoms with Crippen molar-refractivity contribution in [2.75, 3.05) is 26.9 Å². The minimum Gasteiger partial charge on any atom is -0.497 e. The van der Waals surface area contributed by atoms with Crippen LogP contribution in [0.2, 0.25) is 0 Å². The summed E-state index contributed by atoms with van der Waals surface area (Å²) in [7, 11) is 1.61. The van der Waals surface area contributed by atoms with E-state index in [-0.39, 0.29) is 18.4 Å². The van der Waals surface area contributed by atoms with Crippen LogP contribution in [0.15, 0.2) is 24.3 Å². The summed E-state index contributed by atoms with van der Waals surface area (Å²) in [6.07, 6.45) is 1.15. The van der Waals surface area contributed by atoms with Gasteiger partial charge in [0.05, 0.1) is 12.5 Å². The summed E-state index contributed by atoms with van der Waals surface area (Å²) in [5.74, 6) is -0.230. The van der Waals surface area contributed by atoms with Gasteiger partial charge in [0.25, 0.3) is 0 Å². The Labute approximate surface area is 142 Å². The fourth-order valence-corrected chi connectivity index (χ4v) is 2.91. The molecule has 1 aliphatic heterocycles. The van der Waals surface area contributed by atoms with Crippen molar-refractivity contribution < 1.29 is 24.2 Å². The topological polar surface area (TPSA) is 84.9 Å². The zero-order valence-corrected chi connectivity index (χ0v) is 14.2. The molecule has 0 aliphatic carbocycles. The van der Waals surface area contributed by atoms with Gasteiger partial charge in [-0.2, -0.15) is 0 Å². The Kier molecular flexibility index (Phi) is 6.20. The Morgan fingerprint density at radius 3 is 2.71 bits per heavy atom. The van der Waals surface area contributed by atoms with Gasteiger partial charge in [-0.3, -0.25) is 9.59 Å². The van der Waals surface area contributed by atoms with Crippen LogP contribution in [0.4, 0.5) is 0 Å². The SMILES string of the molecule is COc1cccc(C(C)CC(=O)NCC2(C(=O)O)CCOCC2)c1. The van der Waals surface area contributed by atoms with Gasteiger partial charge < -0.3 is 19.9 Å². The first kappa shape index (κ1) is 18.3. The molecule has 1 aromatic carbocycles. The Balaban J connectivity index is 1.91. The molecule has 0 spiro atoms. The highest BCUT2D eigenvalue weighted by Crippen LogP contribution is 2.30. The number of rotatable bonds is 7. The van der Waals surface area contributed by atoms with Gasteiger partial charge in [-0.25, -0.2) is 0 Å². The average Bonchev–Trinajstić information content (AvgIpc) is 2.60. The van der Waals surface area contributed by atoms with Crippen molar-refractivity contribution in [3.63, 3.8) is 0 Å². The number of carboxylic acid groups (broad SMARTS) is 1. The van der Waals surface area contributed by atoms with Crippen LogP contribution in [-0.4, -0.2) is 43.9 Å².